The fraction of sp³-hybridized carbons (Fsp3) is 0.304. The molecule has 1 unspecified atom stereocenters. The van der Waals surface area contributed by atoms with Gasteiger partial charge in [0.15, 0.2) is 24.0 Å². The van der Waals surface area contributed by atoms with Crippen molar-refractivity contribution in [3.05, 3.63) is 65.2 Å². The summed E-state index contributed by atoms with van der Waals surface area (Å²) < 4.78 is 31.9. The Labute approximate surface area is 182 Å². The minimum absolute atomic E-state index is 0.00227. The first-order valence-corrected chi connectivity index (χ1v) is 10.1. The van der Waals surface area contributed by atoms with Crippen LogP contribution in [0.3, 0.4) is 0 Å². The number of ketones is 1. The number of nitrogens with zero attached hydrogens (tertiary/aromatic N) is 2. The number of para-hydroxylation sites is 1. The Kier molecular flexibility index (Phi) is 5.28. The first-order chi connectivity index (χ1) is 15.2. The highest BCUT2D eigenvalue weighted by Crippen LogP contribution is 2.45. The summed E-state index contributed by atoms with van der Waals surface area (Å²) in [7, 11) is 0. The molecule has 9 heteroatoms. The van der Waals surface area contributed by atoms with Gasteiger partial charge in [0.2, 0.25) is 11.6 Å². The lowest BCUT2D eigenvalue weighted by Gasteiger charge is -2.50. The highest BCUT2D eigenvalue weighted by Gasteiger charge is 2.62. The Hall–Kier alpha value is -3.62. The normalized spacial score (nSPS) is 19.8. The molecule has 2 heterocycles. The maximum absolute atomic E-state index is 13.4. The van der Waals surface area contributed by atoms with Crippen LogP contribution in [0.15, 0.2) is 42.5 Å². The number of carbonyl (C=O) groups is 4. The van der Waals surface area contributed by atoms with E-state index in [1.165, 1.54) is 9.80 Å². The Balaban J connectivity index is 1.68. The predicted molar refractivity (Wildman–Crippen MR) is 109 cm³/mol. The summed E-state index contributed by atoms with van der Waals surface area (Å²) in [4.78, 5) is 54.5. The first-order valence-electron chi connectivity index (χ1n) is 10.1. The van der Waals surface area contributed by atoms with Crippen molar-refractivity contribution in [2.75, 3.05) is 11.5 Å². The van der Waals surface area contributed by atoms with Crippen molar-refractivity contribution in [1.29, 1.82) is 0 Å². The van der Waals surface area contributed by atoms with Gasteiger partial charge in [0.05, 0.1) is 11.3 Å². The molecule has 1 atom stereocenters. The molecule has 4 rings (SSSR count). The van der Waals surface area contributed by atoms with Crippen LogP contribution in [0.5, 0.6) is 0 Å². The second-order valence-corrected chi connectivity index (χ2v) is 7.96. The van der Waals surface area contributed by atoms with E-state index >= 15 is 0 Å². The van der Waals surface area contributed by atoms with Crippen LogP contribution in [0.1, 0.15) is 47.4 Å². The van der Waals surface area contributed by atoms with Gasteiger partial charge >= 0.3 is 5.97 Å². The van der Waals surface area contributed by atoms with Gasteiger partial charge in [-0.3, -0.25) is 19.3 Å². The Morgan fingerprint density at radius 2 is 1.81 bits per heavy atom. The SMILES string of the molecule is CC(C)N1C(=O)c2ccccc2N2C(=O)CCC21C(=O)OCC(=O)c1ccc(F)c(F)c1. The van der Waals surface area contributed by atoms with E-state index < -0.39 is 47.6 Å². The molecule has 2 aromatic rings. The summed E-state index contributed by atoms with van der Waals surface area (Å²) in [6.45, 7) is 2.68. The van der Waals surface area contributed by atoms with Crippen molar-refractivity contribution in [2.24, 2.45) is 0 Å². The first kappa shape index (κ1) is 21.6. The van der Waals surface area contributed by atoms with Crippen molar-refractivity contribution < 1.29 is 32.7 Å². The lowest BCUT2D eigenvalue weighted by molar-refractivity contribution is -0.157. The number of ether oxygens (including phenoxy) is 1. The van der Waals surface area contributed by atoms with Crippen molar-refractivity contribution in [3.8, 4) is 0 Å². The van der Waals surface area contributed by atoms with Crippen LogP contribution in [0, 0.1) is 11.6 Å². The minimum atomic E-state index is -1.73. The molecule has 0 radical (unpaired) electrons. The van der Waals surface area contributed by atoms with E-state index in [1.54, 1.807) is 38.1 Å². The van der Waals surface area contributed by atoms with E-state index in [0.717, 1.165) is 18.2 Å². The molecule has 32 heavy (non-hydrogen) atoms. The largest absolute Gasteiger partial charge is 0.454 e. The van der Waals surface area contributed by atoms with Crippen LogP contribution < -0.4 is 4.90 Å². The van der Waals surface area contributed by atoms with Gasteiger partial charge in [-0.15, -0.1) is 0 Å². The highest BCUT2D eigenvalue weighted by molar-refractivity contribution is 6.15. The van der Waals surface area contributed by atoms with Gasteiger partial charge in [-0.2, -0.15) is 0 Å². The summed E-state index contributed by atoms with van der Waals surface area (Å²) in [6.07, 6.45) is 0.0132. The second kappa shape index (κ2) is 7.81. The molecule has 0 spiro atoms. The zero-order chi connectivity index (χ0) is 23.2. The van der Waals surface area contributed by atoms with Crippen molar-refractivity contribution in [2.45, 2.75) is 38.4 Å². The lowest BCUT2D eigenvalue weighted by Crippen LogP contribution is -2.70. The molecule has 0 saturated carbocycles. The third-order valence-corrected chi connectivity index (χ3v) is 5.72. The number of hydrogen-bond acceptors (Lipinski definition) is 5. The summed E-state index contributed by atoms with van der Waals surface area (Å²) in [5.74, 6) is -4.76. The number of rotatable bonds is 5. The minimum Gasteiger partial charge on any atom is -0.454 e. The van der Waals surface area contributed by atoms with E-state index in [1.807, 2.05) is 0 Å². The third kappa shape index (κ3) is 3.16. The number of amides is 2. The van der Waals surface area contributed by atoms with Crippen LogP contribution in [-0.2, 0) is 14.3 Å². The van der Waals surface area contributed by atoms with Crippen molar-refractivity contribution in [3.63, 3.8) is 0 Å². The average Bonchev–Trinajstić information content (AvgIpc) is 3.11. The summed E-state index contributed by atoms with van der Waals surface area (Å²) in [5, 5.41) is 0. The maximum atomic E-state index is 13.4. The fourth-order valence-electron chi connectivity index (χ4n) is 4.37. The van der Waals surface area contributed by atoms with Crippen LogP contribution in [0.4, 0.5) is 14.5 Å². The number of anilines is 1. The summed E-state index contributed by atoms with van der Waals surface area (Å²) in [5.41, 5.74) is -1.30. The zero-order valence-electron chi connectivity index (χ0n) is 17.4. The lowest BCUT2D eigenvalue weighted by atomic mass is 9.95. The molecule has 2 aromatic carbocycles. The number of carbonyl (C=O) groups excluding carboxylic acids is 4. The van der Waals surface area contributed by atoms with E-state index in [4.69, 9.17) is 4.74 Å². The number of esters is 1. The number of Topliss-reactive ketones (excluding diaryl/α,β-unsaturated/α-hetero) is 1. The molecule has 0 aliphatic carbocycles. The average molecular weight is 442 g/mol. The maximum Gasteiger partial charge on any atom is 0.354 e. The number of halogens is 2. The Morgan fingerprint density at radius 1 is 1.09 bits per heavy atom. The predicted octanol–water partition coefficient (Wildman–Crippen LogP) is 3.08. The summed E-state index contributed by atoms with van der Waals surface area (Å²) >= 11 is 0. The van der Waals surface area contributed by atoms with Crippen molar-refractivity contribution in [1.82, 2.24) is 4.90 Å². The Bertz CT molecular complexity index is 1150. The van der Waals surface area contributed by atoms with Gasteiger partial charge in [-0.05, 0) is 44.2 Å². The molecule has 0 aromatic heterocycles. The topological polar surface area (TPSA) is 84.0 Å². The molecule has 0 N–H and O–H groups in total. The number of benzene rings is 2. The summed E-state index contributed by atoms with van der Waals surface area (Å²) in [6, 6.07) is 8.64. The van der Waals surface area contributed by atoms with Crippen LogP contribution in [0.25, 0.3) is 0 Å². The third-order valence-electron chi connectivity index (χ3n) is 5.72. The Morgan fingerprint density at radius 3 is 2.50 bits per heavy atom. The smallest absolute Gasteiger partial charge is 0.354 e. The molecule has 0 bridgehead atoms. The monoisotopic (exact) mass is 442 g/mol. The van der Waals surface area contributed by atoms with Crippen molar-refractivity contribution >= 4 is 29.3 Å². The van der Waals surface area contributed by atoms with Gasteiger partial charge in [0.1, 0.15) is 0 Å². The number of hydrogen-bond donors (Lipinski definition) is 0. The second-order valence-electron chi connectivity index (χ2n) is 7.96. The molecule has 1 fully saturated rings. The van der Waals surface area contributed by atoms with Gasteiger partial charge in [-0.25, -0.2) is 13.6 Å². The van der Waals surface area contributed by atoms with E-state index in [-0.39, 0.29) is 29.9 Å². The fourth-order valence-corrected chi connectivity index (χ4v) is 4.37. The molecule has 2 amide bonds. The number of fused-ring (bicyclic) bond motifs is 3. The quantitative estimate of drug-likeness (QED) is 0.525. The molecule has 2 aliphatic heterocycles. The zero-order valence-corrected chi connectivity index (χ0v) is 17.4. The van der Waals surface area contributed by atoms with E-state index in [2.05, 4.69) is 0 Å². The molecule has 2 aliphatic rings. The molecular formula is C23H20F2N2O5. The highest BCUT2D eigenvalue weighted by atomic mass is 19.2. The van der Waals surface area contributed by atoms with Gasteiger partial charge in [0, 0.05) is 24.4 Å². The van der Waals surface area contributed by atoms with Crippen LogP contribution in [0.2, 0.25) is 0 Å². The van der Waals surface area contributed by atoms with Gasteiger partial charge < -0.3 is 9.64 Å². The standard InChI is InChI=1S/C23H20F2N2O5/c1-13(2)26-21(30)15-5-3-4-6-18(15)27-20(29)9-10-23(26,27)22(31)32-12-19(28)14-7-8-16(24)17(25)11-14/h3-8,11,13H,9-10,12H2,1-2H3. The van der Waals surface area contributed by atoms with Crippen LogP contribution in [-0.4, -0.2) is 46.8 Å². The van der Waals surface area contributed by atoms with E-state index in [9.17, 15) is 28.0 Å². The molecule has 1 saturated heterocycles. The van der Waals surface area contributed by atoms with Crippen LogP contribution >= 0.6 is 0 Å². The molecule has 7 nitrogen and oxygen atoms in total. The van der Waals surface area contributed by atoms with Gasteiger partial charge in [0.25, 0.3) is 5.91 Å². The van der Waals surface area contributed by atoms with E-state index in [0.29, 0.717) is 5.69 Å². The molecular weight excluding hydrogens is 422 g/mol. The van der Waals surface area contributed by atoms with Gasteiger partial charge in [-0.1, -0.05) is 12.1 Å². The molecule has 166 valence electrons.